The number of hydrogen-bond donors (Lipinski definition) is 0. The fourth-order valence-electron chi connectivity index (χ4n) is 7.06. The fraction of sp³-hybridized carbons (Fsp3) is 0.0811. The summed E-state index contributed by atoms with van der Waals surface area (Å²) in [5, 5.41) is 1.14. The van der Waals surface area contributed by atoms with Gasteiger partial charge >= 0.3 is 0 Å². The number of rotatable bonds is 2. The van der Waals surface area contributed by atoms with Gasteiger partial charge in [-0.1, -0.05) is 80.6 Å². The summed E-state index contributed by atoms with van der Waals surface area (Å²) in [4.78, 5) is 10.1. The predicted molar refractivity (Wildman–Crippen MR) is 168 cm³/mol. The summed E-state index contributed by atoms with van der Waals surface area (Å²) in [6.45, 7) is 4.67. The maximum atomic E-state index is 5.36. The SMILES string of the molecule is CC1(C)c2ccccc2-c2ccc(-n3c4ccccc4c4nc5c6ncccc6n(-c6ccccc6)c5cc43)cc21. The first-order valence-electron chi connectivity index (χ1n) is 14.1. The fourth-order valence-corrected chi connectivity index (χ4v) is 7.06. The van der Waals surface area contributed by atoms with Crippen LogP contribution in [0.1, 0.15) is 25.0 Å². The zero-order valence-electron chi connectivity index (χ0n) is 22.8. The number of benzene rings is 4. The third-order valence-electron chi connectivity index (χ3n) is 8.96. The van der Waals surface area contributed by atoms with Gasteiger partial charge in [0.1, 0.15) is 11.0 Å². The van der Waals surface area contributed by atoms with E-state index in [0.29, 0.717) is 0 Å². The Morgan fingerprint density at radius 2 is 1.22 bits per heavy atom. The molecule has 9 rings (SSSR count). The molecule has 0 amide bonds. The molecular formula is C37H26N4. The molecule has 0 saturated carbocycles. The molecule has 1 aliphatic carbocycles. The predicted octanol–water partition coefficient (Wildman–Crippen LogP) is 8.98. The smallest absolute Gasteiger partial charge is 0.116 e. The van der Waals surface area contributed by atoms with Crippen molar-refractivity contribution in [2.45, 2.75) is 19.3 Å². The third kappa shape index (κ3) is 2.94. The molecule has 4 heteroatoms. The second-order valence-corrected chi connectivity index (χ2v) is 11.5. The Hall–Kier alpha value is -5.22. The second kappa shape index (κ2) is 7.92. The molecule has 0 unspecified atom stereocenters. The molecular weight excluding hydrogens is 500 g/mol. The minimum atomic E-state index is -0.0718. The Bertz CT molecular complexity index is 2340. The summed E-state index contributed by atoms with van der Waals surface area (Å²) >= 11 is 0. The van der Waals surface area contributed by atoms with Crippen molar-refractivity contribution >= 4 is 44.0 Å². The molecule has 0 spiro atoms. The van der Waals surface area contributed by atoms with E-state index in [9.17, 15) is 0 Å². The Morgan fingerprint density at radius 3 is 2.12 bits per heavy atom. The van der Waals surface area contributed by atoms with E-state index in [-0.39, 0.29) is 5.41 Å². The molecule has 0 bridgehead atoms. The molecule has 1 aliphatic rings. The van der Waals surface area contributed by atoms with Gasteiger partial charge in [0.15, 0.2) is 0 Å². The van der Waals surface area contributed by atoms with Crippen molar-refractivity contribution in [2.24, 2.45) is 0 Å². The summed E-state index contributed by atoms with van der Waals surface area (Å²) in [6, 6.07) is 41.3. The Balaban J connectivity index is 1.39. The van der Waals surface area contributed by atoms with Gasteiger partial charge in [0.2, 0.25) is 0 Å². The van der Waals surface area contributed by atoms with Gasteiger partial charge in [-0.3, -0.25) is 4.98 Å². The molecule has 4 nitrogen and oxygen atoms in total. The maximum absolute atomic E-state index is 5.36. The van der Waals surface area contributed by atoms with E-state index in [2.05, 4.69) is 132 Å². The zero-order valence-corrected chi connectivity index (χ0v) is 22.8. The Morgan fingerprint density at radius 1 is 0.512 bits per heavy atom. The van der Waals surface area contributed by atoms with Crippen LogP contribution >= 0.6 is 0 Å². The molecule has 0 atom stereocenters. The van der Waals surface area contributed by atoms with E-state index in [1.165, 1.54) is 22.3 Å². The summed E-state index contributed by atoms with van der Waals surface area (Å²) in [6.07, 6.45) is 1.86. The first kappa shape index (κ1) is 22.6. The van der Waals surface area contributed by atoms with Crippen LogP contribution in [0.3, 0.4) is 0 Å². The van der Waals surface area contributed by atoms with E-state index in [1.807, 2.05) is 12.3 Å². The first-order chi connectivity index (χ1) is 20.1. The number of aromatic nitrogens is 4. The maximum Gasteiger partial charge on any atom is 0.116 e. The molecule has 4 heterocycles. The van der Waals surface area contributed by atoms with Crippen LogP contribution in [0, 0.1) is 0 Å². The van der Waals surface area contributed by atoms with Crippen molar-refractivity contribution in [2.75, 3.05) is 0 Å². The van der Waals surface area contributed by atoms with Gasteiger partial charge in [-0.05, 0) is 70.8 Å². The van der Waals surface area contributed by atoms with Crippen LogP contribution in [0.5, 0.6) is 0 Å². The lowest BCUT2D eigenvalue weighted by Gasteiger charge is -2.22. The monoisotopic (exact) mass is 526 g/mol. The molecule has 194 valence electrons. The van der Waals surface area contributed by atoms with Gasteiger partial charge in [-0.15, -0.1) is 0 Å². The van der Waals surface area contributed by atoms with Gasteiger partial charge in [0.05, 0.1) is 27.6 Å². The molecule has 4 aromatic heterocycles. The number of hydrogen-bond acceptors (Lipinski definition) is 2. The van der Waals surface area contributed by atoms with Crippen molar-refractivity contribution in [3.63, 3.8) is 0 Å². The van der Waals surface area contributed by atoms with Crippen LogP contribution in [0.15, 0.2) is 121 Å². The largest absolute Gasteiger partial charge is 0.308 e. The highest BCUT2D eigenvalue weighted by atomic mass is 15.0. The van der Waals surface area contributed by atoms with Crippen molar-refractivity contribution < 1.29 is 0 Å². The molecule has 4 aromatic carbocycles. The van der Waals surface area contributed by atoms with Crippen molar-refractivity contribution in [1.29, 1.82) is 0 Å². The molecule has 0 aliphatic heterocycles. The van der Waals surface area contributed by atoms with Gasteiger partial charge in [0, 0.05) is 28.4 Å². The third-order valence-corrected chi connectivity index (χ3v) is 8.96. The summed E-state index contributed by atoms with van der Waals surface area (Å²) in [5.41, 5.74) is 14.8. The lowest BCUT2D eigenvalue weighted by molar-refractivity contribution is 0.660. The highest BCUT2D eigenvalue weighted by molar-refractivity contribution is 6.14. The standard InChI is InChI=1S/C37H26N4/c1-37(2)28-15-8-6-13-25(28)26-19-18-24(21-29(26)37)41-30-16-9-7-14-27(30)34-32(41)22-33-36(39-34)35-31(17-10-20-38-35)40(33)23-11-4-3-5-12-23/h3-22H,1-2H3. The topological polar surface area (TPSA) is 35.6 Å². The normalized spacial score (nSPS) is 13.8. The number of nitrogens with zero attached hydrogens (tertiary/aromatic N) is 4. The van der Waals surface area contributed by atoms with Crippen molar-refractivity contribution in [1.82, 2.24) is 19.1 Å². The van der Waals surface area contributed by atoms with E-state index in [4.69, 9.17) is 9.97 Å². The van der Waals surface area contributed by atoms with Crippen molar-refractivity contribution in [3.05, 3.63) is 133 Å². The quantitative estimate of drug-likeness (QED) is 0.225. The van der Waals surface area contributed by atoms with Crippen LogP contribution in [0.2, 0.25) is 0 Å². The van der Waals surface area contributed by atoms with Gasteiger partial charge in [0.25, 0.3) is 0 Å². The minimum absolute atomic E-state index is 0.0718. The lowest BCUT2D eigenvalue weighted by Crippen LogP contribution is -2.15. The Kier molecular flexibility index (Phi) is 4.36. The molecule has 41 heavy (non-hydrogen) atoms. The average molecular weight is 527 g/mol. The second-order valence-electron chi connectivity index (χ2n) is 11.5. The summed E-state index contributed by atoms with van der Waals surface area (Å²) in [5.74, 6) is 0. The van der Waals surface area contributed by atoms with E-state index < -0.39 is 0 Å². The zero-order chi connectivity index (χ0) is 27.3. The van der Waals surface area contributed by atoms with Crippen LogP contribution in [-0.4, -0.2) is 19.1 Å². The van der Waals surface area contributed by atoms with Crippen LogP contribution in [-0.2, 0) is 5.41 Å². The first-order valence-corrected chi connectivity index (χ1v) is 14.1. The molecule has 0 saturated heterocycles. The van der Waals surface area contributed by atoms with Crippen LogP contribution in [0.4, 0.5) is 0 Å². The molecule has 8 aromatic rings. The van der Waals surface area contributed by atoms with Gasteiger partial charge < -0.3 is 9.13 Å². The minimum Gasteiger partial charge on any atom is -0.308 e. The summed E-state index contributed by atoms with van der Waals surface area (Å²) < 4.78 is 4.67. The molecule has 0 N–H and O–H groups in total. The van der Waals surface area contributed by atoms with Gasteiger partial charge in [-0.2, -0.15) is 0 Å². The van der Waals surface area contributed by atoms with E-state index >= 15 is 0 Å². The van der Waals surface area contributed by atoms with Crippen LogP contribution < -0.4 is 0 Å². The van der Waals surface area contributed by atoms with Crippen LogP contribution in [0.25, 0.3) is 66.5 Å². The van der Waals surface area contributed by atoms with E-state index in [0.717, 1.165) is 55.4 Å². The summed E-state index contributed by atoms with van der Waals surface area (Å²) in [7, 11) is 0. The Labute approximate surface area is 237 Å². The van der Waals surface area contributed by atoms with Gasteiger partial charge in [-0.25, -0.2) is 4.98 Å². The molecule has 0 radical (unpaired) electrons. The number of fused-ring (bicyclic) bond motifs is 9. The number of pyridine rings is 2. The molecule has 0 fully saturated rings. The van der Waals surface area contributed by atoms with E-state index in [1.54, 1.807) is 0 Å². The highest BCUT2D eigenvalue weighted by Gasteiger charge is 2.35. The lowest BCUT2D eigenvalue weighted by atomic mass is 9.82. The number of para-hydroxylation sites is 2. The van der Waals surface area contributed by atoms with Crippen molar-refractivity contribution in [3.8, 4) is 22.5 Å². The average Bonchev–Trinajstić information content (AvgIpc) is 3.60. The highest BCUT2D eigenvalue weighted by Crippen LogP contribution is 2.49.